The summed E-state index contributed by atoms with van der Waals surface area (Å²) in [7, 11) is 0. The number of likely N-dealkylation sites (N-methyl/N-ethyl adjacent to an activating group) is 1. The third-order valence-corrected chi connectivity index (χ3v) is 5.50. The number of hydrogen-bond donors (Lipinski definition) is 3. The Bertz CT molecular complexity index is 418. The Morgan fingerprint density at radius 1 is 1.21 bits per heavy atom. The molecule has 2 rings (SSSR count). The van der Waals surface area contributed by atoms with Crippen molar-refractivity contribution in [1.82, 2.24) is 15.5 Å². The van der Waals surface area contributed by atoms with Gasteiger partial charge < -0.3 is 15.7 Å². The van der Waals surface area contributed by atoms with Crippen LogP contribution in [0, 0.1) is 5.92 Å². The van der Waals surface area contributed by atoms with Crippen molar-refractivity contribution in [2.75, 3.05) is 13.1 Å². The second kappa shape index (κ2) is 9.25. The summed E-state index contributed by atoms with van der Waals surface area (Å²) in [6.45, 7) is 4.87. The minimum absolute atomic E-state index is 0.0805. The Hall–Kier alpha value is -1.30. The van der Waals surface area contributed by atoms with E-state index in [1.54, 1.807) is 0 Å². The van der Waals surface area contributed by atoms with Gasteiger partial charge in [-0.25, -0.2) is 4.79 Å². The molecule has 0 aromatic carbocycles. The molecule has 0 bridgehead atoms. The highest BCUT2D eigenvalue weighted by atomic mass is 16.4. The van der Waals surface area contributed by atoms with Crippen LogP contribution in [0.4, 0.5) is 4.79 Å². The number of amides is 2. The topological polar surface area (TPSA) is 81.7 Å². The van der Waals surface area contributed by atoms with Gasteiger partial charge in [-0.15, -0.1) is 0 Å². The van der Waals surface area contributed by atoms with Crippen molar-refractivity contribution in [3.05, 3.63) is 0 Å². The molecule has 2 aliphatic rings. The molecule has 2 aliphatic carbocycles. The average molecular weight is 339 g/mol. The van der Waals surface area contributed by atoms with Crippen LogP contribution in [-0.2, 0) is 4.79 Å². The molecule has 2 saturated carbocycles. The number of rotatable bonds is 8. The van der Waals surface area contributed by atoms with Gasteiger partial charge in [0.15, 0.2) is 0 Å². The van der Waals surface area contributed by atoms with Crippen LogP contribution < -0.4 is 10.6 Å². The van der Waals surface area contributed by atoms with Crippen molar-refractivity contribution < 1.29 is 14.7 Å². The van der Waals surface area contributed by atoms with Crippen LogP contribution in [0.2, 0.25) is 0 Å². The lowest BCUT2D eigenvalue weighted by Crippen LogP contribution is -2.57. The molecule has 0 saturated heterocycles. The van der Waals surface area contributed by atoms with E-state index in [0.717, 1.165) is 31.7 Å². The molecular weight excluding hydrogens is 306 g/mol. The number of nitrogens with zero attached hydrogens (tertiary/aromatic N) is 1. The van der Waals surface area contributed by atoms with E-state index >= 15 is 0 Å². The fourth-order valence-corrected chi connectivity index (χ4v) is 4.11. The zero-order valence-corrected chi connectivity index (χ0v) is 15.1. The Kier molecular flexibility index (Phi) is 7.34. The third-order valence-electron chi connectivity index (χ3n) is 5.50. The highest BCUT2D eigenvalue weighted by molar-refractivity contribution is 5.74. The normalized spacial score (nSPS) is 25.8. The number of carbonyl (C=O) groups is 2. The lowest BCUT2D eigenvalue weighted by atomic mass is 9.85. The molecule has 0 spiro atoms. The molecule has 0 aromatic rings. The predicted octanol–water partition coefficient (Wildman–Crippen LogP) is 2.58. The van der Waals surface area contributed by atoms with Crippen molar-refractivity contribution in [3.63, 3.8) is 0 Å². The van der Waals surface area contributed by atoms with Crippen LogP contribution in [0.25, 0.3) is 0 Å². The summed E-state index contributed by atoms with van der Waals surface area (Å²) < 4.78 is 0. The molecule has 24 heavy (non-hydrogen) atoms. The standard InChI is InChI=1S/C18H33N3O3/c1-3-21(12-17(22)23)16-10-15(11-16)20-18(24)19-13(2)9-14-7-5-4-6-8-14/h13-16H,3-12H2,1-2H3,(H,22,23)(H2,19,20,24)/t13-,15?,16?/m1/s1. The number of carbonyl (C=O) groups excluding carboxylic acids is 1. The molecule has 0 radical (unpaired) electrons. The highest BCUT2D eigenvalue weighted by Crippen LogP contribution is 2.27. The molecule has 0 unspecified atom stereocenters. The van der Waals surface area contributed by atoms with Crippen molar-refractivity contribution in [2.24, 2.45) is 5.92 Å². The van der Waals surface area contributed by atoms with E-state index < -0.39 is 5.97 Å². The van der Waals surface area contributed by atoms with E-state index in [4.69, 9.17) is 5.11 Å². The Morgan fingerprint density at radius 2 is 1.88 bits per heavy atom. The molecular formula is C18H33N3O3. The summed E-state index contributed by atoms with van der Waals surface area (Å²) in [6, 6.07) is 0.571. The summed E-state index contributed by atoms with van der Waals surface area (Å²) >= 11 is 0. The maximum atomic E-state index is 12.1. The molecule has 2 fully saturated rings. The Balaban J connectivity index is 1.62. The van der Waals surface area contributed by atoms with E-state index in [2.05, 4.69) is 17.6 Å². The van der Waals surface area contributed by atoms with Gasteiger partial charge in [0.05, 0.1) is 6.54 Å². The van der Waals surface area contributed by atoms with Crippen LogP contribution in [0.1, 0.15) is 65.2 Å². The average Bonchev–Trinajstić information content (AvgIpc) is 2.49. The molecule has 0 heterocycles. The molecule has 2 amide bonds. The number of urea groups is 1. The molecule has 6 nitrogen and oxygen atoms in total. The van der Waals surface area contributed by atoms with E-state index in [9.17, 15) is 9.59 Å². The smallest absolute Gasteiger partial charge is 0.317 e. The number of nitrogens with one attached hydrogen (secondary N) is 2. The molecule has 0 aliphatic heterocycles. The summed E-state index contributed by atoms with van der Waals surface area (Å²) in [4.78, 5) is 24.9. The van der Waals surface area contributed by atoms with Crippen molar-refractivity contribution >= 4 is 12.0 Å². The van der Waals surface area contributed by atoms with Gasteiger partial charge in [0.2, 0.25) is 0 Å². The minimum atomic E-state index is -0.789. The van der Waals surface area contributed by atoms with Gasteiger partial charge in [-0.2, -0.15) is 0 Å². The molecule has 6 heteroatoms. The molecule has 0 aromatic heterocycles. The van der Waals surface area contributed by atoms with Crippen LogP contribution in [0.5, 0.6) is 0 Å². The van der Waals surface area contributed by atoms with Gasteiger partial charge >= 0.3 is 12.0 Å². The lowest BCUT2D eigenvalue weighted by Gasteiger charge is -2.42. The van der Waals surface area contributed by atoms with E-state index in [-0.39, 0.29) is 30.7 Å². The largest absolute Gasteiger partial charge is 0.480 e. The van der Waals surface area contributed by atoms with Crippen molar-refractivity contribution in [1.29, 1.82) is 0 Å². The quantitative estimate of drug-likeness (QED) is 0.635. The third kappa shape index (κ3) is 5.96. The zero-order chi connectivity index (χ0) is 17.5. The summed E-state index contributed by atoms with van der Waals surface area (Å²) in [6.07, 6.45) is 9.37. The maximum Gasteiger partial charge on any atom is 0.317 e. The zero-order valence-electron chi connectivity index (χ0n) is 15.1. The van der Waals surface area contributed by atoms with Crippen LogP contribution in [-0.4, -0.2) is 53.2 Å². The second-order valence-electron chi connectivity index (χ2n) is 7.54. The van der Waals surface area contributed by atoms with Gasteiger partial charge in [0.1, 0.15) is 0 Å². The van der Waals surface area contributed by atoms with Gasteiger partial charge in [-0.05, 0) is 38.6 Å². The van der Waals surface area contributed by atoms with Crippen LogP contribution >= 0.6 is 0 Å². The maximum absolute atomic E-state index is 12.1. The van der Waals surface area contributed by atoms with Crippen LogP contribution in [0.15, 0.2) is 0 Å². The Labute approximate surface area is 145 Å². The number of carboxylic acids is 1. The van der Waals surface area contributed by atoms with E-state index in [0.29, 0.717) is 0 Å². The van der Waals surface area contributed by atoms with Gasteiger partial charge in [0.25, 0.3) is 0 Å². The number of hydrogen-bond acceptors (Lipinski definition) is 3. The molecule has 1 atom stereocenters. The number of carboxylic acid groups (broad SMARTS) is 1. The fourth-order valence-electron chi connectivity index (χ4n) is 4.11. The van der Waals surface area contributed by atoms with E-state index in [1.165, 1.54) is 32.1 Å². The van der Waals surface area contributed by atoms with Gasteiger partial charge in [0, 0.05) is 18.1 Å². The highest BCUT2D eigenvalue weighted by Gasteiger charge is 2.34. The number of aliphatic carboxylic acids is 1. The van der Waals surface area contributed by atoms with Crippen LogP contribution in [0.3, 0.4) is 0 Å². The first-order valence-corrected chi connectivity index (χ1v) is 9.50. The second-order valence-corrected chi connectivity index (χ2v) is 7.54. The SMILES string of the molecule is CCN(CC(=O)O)C1CC(NC(=O)N[C@H](C)CC2CCCCC2)C1. The first-order valence-electron chi connectivity index (χ1n) is 9.50. The summed E-state index contributed by atoms with van der Waals surface area (Å²) in [5.74, 6) is -0.0289. The molecule has 138 valence electrons. The molecule has 3 N–H and O–H groups in total. The minimum Gasteiger partial charge on any atom is -0.480 e. The fraction of sp³-hybridized carbons (Fsp3) is 0.889. The lowest BCUT2D eigenvalue weighted by molar-refractivity contribution is -0.139. The summed E-state index contributed by atoms with van der Waals surface area (Å²) in [5.41, 5.74) is 0. The predicted molar refractivity (Wildman–Crippen MR) is 94.0 cm³/mol. The first kappa shape index (κ1) is 19.0. The van der Waals surface area contributed by atoms with Gasteiger partial charge in [-0.3, -0.25) is 9.69 Å². The summed E-state index contributed by atoms with van der Waals surface area (Å²) in [5, 5.41) is 15.0. The van der Waals surface area contributed by atoms with Gasteiger partial charge in [-0.1, -0.05) is 39.0 Å². The first-order chi connectivity index (χ1) is 11.5. The van der Waals surface area contributed by atoms with E-state index in [1.807, 2.05) is 11.8 Å². The monoisotopic (exact) mass is 339 g/mol. The Morgan fingerprint density at radius 3 is 2.46 bits per heavy atom. The van der Waals surface area contributed by atoms with Crippen molar-refractivity contribution in [3.8, 4) is 0 Å². The van der Waals surface area contributed by atoms with Crippen molar-refractivity contribution in [2.45, 2.75) is 83.3 Å².